The number of benzene rings is 1. The molecule has 1 atom stereocenters. The minimum absolute atomic E-state index is 0.130. The van der Waals surface area contributed by atoms with E-state index in [9.17, 15) is 4.79 Å². The lowest BCUT2D eigenvalue weighted by molar-refractivity contribution is 0.0158. The monoisotopic (exact) mass is 377 g/mol. The Morgan fingerprint density at radius 2 is 1.89 bits per heavy atom. The number of nitrogens with zero attached hydrogens (tertiary/aromatic N) is 3. The molecule has 4 heteroatoms. The molecule has 1 unspecified atom stereocenters. The van der Waals surface area contributed by atoms with Gasteiger partial charge >= 0.3 is 0 Å². The van der Waals surface area contributed by atoms with Gasteiger partial charge in [0.15, 0.2) is 0 Å². The second-order valence-electron chi connectivity index (χ2n) is 8.62. The van der Waals surface area contributed by atoms with E-state index in [1.807, 2.05) is 24.0 Å². The minimum Gasteiger partial charge on any atom is -0.339 e. The molecule has 4 rings (SSSR count). The highest BCUT2D eigenvalue weighted by Gasteiger charge is 2.42. The number of hydrogen-bond donors (Lipinski definition) is 0. The van der Waals surface area contributed by atoms with E-state index in [0.717, 1.165) is 44.7 Å². The summed E-state index contributed by atoms with van der Waals surface area (Å²) in [5, 5.41) is 0. The first-order valence-electron chi connectivity index (χ1n) is 10.6. The van der Waals surface area contributed by atoms with Gasteiger partial charge in [0.25, 0.3) is 5.91 Å². The van der Waals surface area contributed by atoms with Gasteiger partial charge in [0.1, 0.15) is 0 Å². The van der Waals surface area contributed by atoms with Crippen LogP contribution < -0.4 is 0 Å². The molecule has 1 amide bonds. The van der Waals surface area contributed by atoms with E-state index >= 15 is 0 Å². The van der Waals surface area contributed by atoms with Gasteiger partial charge in [0, 0.05) is 38.1 Å². The lowest BCUT2D eigenvalue weighted by atomic mass is 9.68. The van der Waals surface area contributed by atoms with Gasteiger partial charge in [0.2, 0.25) is 0 Å². The summed E-state index contributed by atoms with van der Waals surface area (Å²) in [6.45, 7) is 9.34. The number of pyridine rings is 1. The van der Waals surface area contributed by atoms with Crippen LogP contribution in [0, 0.1) is 12.3 Å². The SMILES string of the molecule is CCN1CC(c2ccccc2)CC2(CCN(C(=O)c3ccc(C)nc3)CC2)C1. The van der Waals surface area contributed by atoms with Crippen LogP contribution in [0.25, 0.3) is 0 Å². The van der Waals surface area contributed by atoms with Crippen LogP contribution in [-0.4, -0.2) is 53.4 Å². The number of aryl methyl sites for hydroxylation is 1. The Labute approximate surface area is 168 Å². The van der Waals surface area contributed by atoms with Gasteiger partial charge in [-0.2, -0.15) is 0 Å². The van der Waals surface area contributed by atoms with Gasteiger partial charge in [-0.05, 0) is 61.8 Å². The van der Waals surface area contributed by atoms with E-state index in [1.54, 1.807) is 6.20 Å². The van der Waals surface area contributed by atoms with Crippen molar-refractivity contribution in [2.24, 2.45) is 5.41 Å². The van der Waals surface area contributed by atoms with Crippen LogP contribution in [0.1, 0.15) is 53.7 Å². The number of likely N-dealkylation sites (tertiary alicyclic amines) is 2. The summed E-state index contributed by atoms with van der Waals surface area (Å²) in [7, 11) is 0. The van der Waals surface area contributed by atoms with E-state index in [0.29, 0.717) is 16.9 Å². The minimum atomic E-state index is 0.130. The van der Waals surface area contributed by atoms with Crippen LogP contribution in [0.3, 0.4) is 0 Å². The number of carbonyl (C=O) groups is 1. The maximum atomic E-state index is 12.9. The van der Waals surface area contributed by atoms with Crippen LogP contribution in [0.4, 0.5) is 0 Å². The molecule has 2 saturated heterocycles. The predicted molar refractivity (Wildman–Crippen MR) is 112 cm³/mol. The molecule has 1 spiro atoms. The Balaban J connectivity index is 1.45. The third-order valence-electron chi connectivity index (χ3n) is 6.70. The summed E-state index contributed by atoms with van der Waals surface area (Å²) in [4.78, 5) is 21.8. The summed E-state index contributed by atoms with van der Waals surface area (Å²) < 4.78 is 0. The van der Waals surface area contributed by atoms with Crippen LogP contribution in [0.15, 0.2) is 48.7 Å². The van der Waals surface area contributed by atoms with Crippen molar-refractivity contribution in [1.82, 2.24) is 14.8 Å². The zero-order valence-corrected chi connectivity index (χ0v) is 17.1. The molecule has 0 saturated carbocycles. The summed E-state index contributed by atoms with van der Waals surface area (Å²) >= 11 is 0. The van der Waals surface area contributed by atoms with Crippen molar-refractivity contribution >= 4 is 5.91 Å². The molecular weight excluding hydrogens is 346 g/mol. The number of amides is 1. The molecule has 28 heavy (non-hydrogen) atoms. The molecule has 1 aromatic carbocycles. The molecule has 0 bridgehead atoms. The molecule has 2 aliphatic heterocycles. The summed E-state index contributed by atoms with van der Waals surface area (Å²) in [5.74, 6) is 0.726. The van der Waals surface area contributed by atoms with Crippen LogP contribution in [-0.2, 0) is 0 Å². The fraction of sp³-hybridized carbons (Fsp3) is 0.500. The zero-order valence-electron chi connectivity index (χ0n) is 17.1. The van der Waals surface area contributed by atoms with E-state index in [2.05, 4.69) is 47.1 Å². The predicted octanol–water partition coefficient (Wildman–Crippen LogP) is 4.12. The Morgan fingerprint density at radius 3 is 2.54 bits per heavy atom. The van der Waals surface area contributed by atoms with Gasteiger partial charge in [-0.3, -0.25) is 9.78 Å². The molecule has 0 N–H and O–H groups in total. The maximum Gasteiger partial charge on any atom is 0.255 e. The Bertz CT molecular complexity index is 794. The molecular formula is C24H31N3O. The summed E-state index contributed by atoms with van der Waals surface area (Å²) in [5.41, 5.74) is 3.45. The Kier molecular flexibility index (Phi) is 5.49. The average Bonchev–Trinajstić information content (AvgIpc) is 2.74. The van der Waals surface area contributed by atoms with Crippen molar-refractivity contribution in [2.75, 3.05) is 32.7 Å². The van der Waals surface area contributed by atoms with Gasteiger partial charge in [-0.15, -0.1) is 0 Å². The van der Waals surface area contributed by atoms with Crippen molar-refractivity contribution in [3.8, 4) is 0 Å². The number of aromatic nitrogens is 1. The molecule has 2 fully saturated rings. The highest BCUT2D eigenvalue weighted by atomic mass is 16.2. The topological polar surface area (TPSA) is 36.4 Å². The molecule has 148 valence electrons. The van der Waals surface area contributed by atoms with Crippen LogP contribution in [0.2, 0.25) is 0 Å². The summed E-state index contributed by atoms with van der Waals surface area (Å²) in [6, 6.07) is 14.8. The van der Waals surface area contributed by atoms with Gasteiger partial charge in [0.05, 0.1) is 5.56 Å². The van der Waals surface area contributed by atoms with Crippen molar-refractivity contribution in [3.63, 3.8) is 0 Å². The lowest BCUT2D eigenvalue weighted by Gasteiger charge is -2.50. The fourth-order valence-electron chi connectivity index (χ4n) is 5.02. The highest BCUT2D eigenvalue weighted by molar-refractivity contribution is 5.94. The van der Waals surface area contributed by atoms with Gasteiger partial charge in [-0.1, -0.05) is 37.3 Å². The normalized spacial score (nSPS) is 22.4. The second-order valence-corrected chi connectivity index (χ2v) is 8.62. The van der Waals surface area contributed by atoms with Crippen molar-refractivity contribution in [2.45, 2.75) is 39.0 Å². The molecule has 0 aliphatic carbocycles. The molecule has 0 radical (unpaired) electrons. The lowest BCUT2D eigenvalue weighted by Crippen LogP contribution is -2.52. The molecule has 1 aromatic heterocycles. The first-order valence-corrected chi connectivity index (χ1v) is 10.6. The summed E-state index contributed by atoms with van der Waals surface area (Å²) in [6.07, 6.45) is 5.14. The first-order chi connectivity index (χ1) is 13.6. The number of rotatable bonds is 3. The van der Waals surface area contributed by atoms with E-state index in [-0.39, 0.29) is 5.91 Å². The second kappa shape index (κ2) is 8.04. The molecule has 2 aromatic rings. The van der Waals surface area contributed by atoms with E-state index in [1.165, 1.54) is 18.5 Å². The van der Waals surface area contributed by atoms with Crippen LogP contribution in [0.5, 0.6) is 0 Å². The number of likely N-dealkylation sites (N-methyl/N-ethyl adjacent to an activating group) is 1. The number of piperidine rings is 2. The maximum absolute atomic E-state index is 12.9. The van der Waals surface area contributed by atoms with Crippen molar-refractivity contribution in [3.05, 3.63) is 65.5 Å². The highest BCUT2D eigenvalue weighted by Crippen LogP contribution is 2.45. The standard InChI is InChI=1S/C24H31N3O/c1-3-26-17-22(20-7-5-4-6-8-20)15-24(18-26)11-13-27(14-12-24)23(28)21-10-9-19(2)25-16-21/h4-10,16,22H,3,11-15,17-18H2,1-2H3. The third-order valence-corrected chi connectivity index (χ3v) is 6.70. The number of carbonyl (C=O) groups excluding carboxylic acids is 1. The quantitative estimate of drug-likeness (QED) is 0.807. The van der Waals surface area contributed by atoms with Crippen molar-refractivity contribution < 1.29 is 4.79 Å². The van der Waals surface area contributed by atoms with Gasteiger partial charge < -0.3 is 9.80 Å². The zero-order chi connectivity index (χ0) is 19.6. The number of hydrogen-bond acceptors (Lipinski definition) is 3. The van der Waals surface area contributed by atoms with Crippen molar-refractivity contribution in [1.29, 1.82) is 0 Å². The Morgan fingerprint density at radius 1 is 1.14 bits per heavy atom. The largest absolute Gasteiger partial charge is 0.339 e. The third kappa shape index (κ3) is 3.97. The molecule has 4 nitrogen and oxygen atoms in total. The molecule has 3 heterocycles. The average molecular weight is 378 g/mol. The van der Waals surface area contributed by atoms with E-state index in [4.69, 9.17) is 0 Å². The van der Waals surface area contributed by atoms with Crippen LogP contribution >= 0.6 is 0 Å². The fourth-order valence-corrected chi connectivity index (χ4v) is 5.02. The Hall–Kier alpha value is -2.20. The first kappa shape index (κ1) is 19.1. The smallest absolute Gasteiger partial charge is 0.255 e. The van der Waals surface area contributed by atoms with E-state index < -0.39 is 0 Å². The van der Waals surface area contributed by atoms with Gasteiger partial charge in [-0.25, -0.2) is 0 Å². The molecule has 2 aliphatic rings.